The minimum atomic E-state index is -0.576. The lowest BCUT2D eigenvalue weighted by atomic mass is 9.98. The summed E-state index contributed by atoms with van der Waals surface area (Å²) in [7, 11) is 0. The van der Waals surface area contributed by atoms with Crippen LogP contribution in [0, 0.1) is 0 Å². The number of halogens is 1. The number of rotatable bonds is 3. The molecule has 0 radical (unpaired) electrons. The zero-order chi connectivity index (χ0) is 9.52. The summed E-state index contributed by atoms with van der Waals surface area (Å²) >= 11 is 5.36. The second-order valence-electron chi connectivity index (χ2n) is 3.17. The van der Waals surface area contributed by atoms with E-state index in [4.69, 9.17) is 21.1 Å². The molecule has 0 bridgehead atoms. The quantitative estimate of drug-likeness (QED) is 0.526. The van der Waals surface area contributed by atoms with Crippen molar-refractivity contribution in [2.45, 2.75) is 38.2 Å². The molecule has 0 amide bonds. The van der Waals surface area contributed by atoms with Crippen molar-refractivity contribution in [3.63, 3.8) is 0 Å². The second kappa shape index (κ2) is 6.08. The predicted molar refractivity (Wildman–Crippen MR) is 50.0 cm³/mol. The van der Waals surface area contributed by atoms with Crippen molar-refractivity contribution in [3.05, 3.63) is 0 Å². The Kier molecular flexibility index (Phi) is 4.98. The van der Waals surface area contributed by atoms with E-state index >= 15 is 0 Å². The summed E-state index contributed by atoms with van der Waals surface area (Å²) in [5.41, 5.74) is 0. The van der Waals surface area contributed by atoms with Gasteiger partial charge in [-0.1, -0.05) is 6.42 Å². The number of hydrogen-bond donors (Lipinski definition) is 0. The number of carbonyl (C=O) groups excluding carboxylic acids is 1. The molecule has 1 aliphatic carbocycles. The molecule has 0 unspecified atom stereocenters. The van der Waals surface area contributed by atoms with Crippen LogP contribution in [0.1, 0.15) is 32.1 Å². The molecule has 1 aliphatic rings. The van der Waals surface area contributed by atoms with Crippen LogP contribution in [0.4, 0.5) is 4.79 Å². The lowest BCUT2D eigenvalue weighted by molar-refractivity contribution is 0.0141. The third-order valence-corrected chi connectivity index (χ3v) is 2.27. The van der Waals surface area contributed by atoms with Crippen LogP contribution in [0.25, 0.3) is 0 Å². The molecule has 0 atom stereocenters. The zero-order valence-electron chi connectivity index (χ0n) is 7.63. The molecule has 0 aliphatic heterocycles. The molecule has 13 heavy (non-hydrogen) atoms. The summed E-state index contributed by atoms with van der Waals surface area (Å²) in [6.45, 7) is 0.229. The molecule has 1 rings (SSSR count). The van der Waals surface area contributed by atoms with E-state index in [1.165, 1.54) is 6.42 Å². The first-order valence-corrected chi connectivity index (χ1v) is 5.26. The van der Waals surface area contributed by atoms with Gasteiger partial charge >= 0.3 is 6.16 Å². The average Bonchev–Trinajstić information content (AvgIpc) is 2.16. The highest BCUT2D eigenvalue weighted by Gasteiger charge is 2.17. The second-order valence-corrected chi connectivity index (χ2v) is 3.54. The van der Waals surface area contributed by atoms with Crippen molar-refractivity contribution in [2.24, 2.45) is 0 Å². The summed E-state index contributed by atoms with van der Waals surface area (Å²) in [6, 6.07) is 0. The van der Waals surface area contributed by atoms with Gasteiger partial charge in [-0.25, -0.2) is 4.79 Å². The lowest BCUT2D eigenvalue weighted by Gasteiger charge is -2.21. The van der Waals surface area contributed by atoms with E-state index in [9.17, 15) is 4.79 Å². The number of hydrogen-bond acceptors (Lipinski definition) is 3. The standard InChI is InChI=1S/C9H15ClO3/c10-6-7-12-9(11)13-8-4-2-1-3-5-8/h8H,1-7H2. The van der Waals surface area contributed by atoms with Crippen molar-refractivity contribution < 1.29 is 14.3 Å². The number of ether oxygens (including phenoxy) is 2. The molecule has 0 aromatic rings. The monoisotopic (exact) mass is 206 g/mol. The van der Waals surface area contributed by atoms with Crippen LogP contribution in [0.15, 0.2) is 0 Å². The normalized spacial score (nSPS) is 18.2. The fourth-order valence-corrected chi connectivity index (χ4v) is 1.55. The molecule has 0 N–H and O–H groups in total. The minimum absolute atomic E-state index is 0.0663. The Balaban J connectivity index is 2.11. The maximum atomic E-state index is 11.0. The number of alkyl halides is 1. The molecule has 3 nitrogen and oxygen atoms in total. The molecule has 76 valence electrons. The summed E-state index contributed by atoms with van der Waals surface area (Å²) in [5.74, 6) is 0.319. The van der Waals surface area contributed by atoms with Crippen molar-refractivity contribution in [3.8, 4) is 0 Å². The summed E-state index contributed by atoms with van der Waals surface area (Å²) in [5, 5.41) is 0. The predicted octanol–water partition coefficient (Wildman–Crippen LogP) is 2.71. The van der Waals surface area contributed by atoms with Crippen LogP contribution in [0.2, 0.25) is 0 Å². The van der Waals surface area contributed by atoms with E-state index in [1.807, 2.05) is 0 Å². The van der Waals surface area contributed by atoms with Crippen LogP contribution in [0.3, 0.4) is 0 Å². The van der Waals surface area contributed by atoms with Gasteiger partial charge in [-0.15, -0.1) is 11.6 Å². The average molecular weight is 207 g/mol. The fraction of sp³-hybridized carbons (Fsp3) is 0.889. The first-order chi connectivity index (χ1) is 6.33. The maximum Gasteiger partial charge on any atom is 0.508 e. The van der Waals surface area contributed by atoms with Crippen LogP contribution in [-0.4, -0.2) is 24.7 Å². The molecule has 1 saturated carbocycles. The Bertz CT molecular complexity index is 155. The highest BCUT2D eigenvalue weighted by atomic mass is 35.5. The Labute approximate surface area is 83.3 Å². The first-order valence-electron chi connectivity index (χ1n) is 4.72. The van der Waals surface area contributed by atoms with E-state index in [0.29, 0.717) is 5.88 Å². The Morgan fingerprint density at radius 3 is 2.62 bits per heavy atom. The van der Waals surface area contributed by atoms with Gasteiger partial charge in [0.15, 0.2) is 0 Å². The SMILES string of the molecule is O=C(OCCCl)OC1CCCCC1. The first kappa shape index (κ1) is 10.6. The van der Waals surface area contributed by atoms with Gasteiger partial charge in [0, 0.05) is 0 Å². The fourth-order valence-electron chi connectivity index (χ4n) is 1.47. The highest BCUT2D eigenvalue weighted by molar-refractivity contribution is 6.18. The Hall–Kier alpha value is -0.440. The van der Waals surface area contributed by atoms with Crippen molar-refractivity contribution >= 4 is 17.8 Å². The molecule has 0 aromatic carbocycles. The number of carbonyl (C=O) groups is 1. The van der Waals surface area contributed by atoms with Gasteiger partial charge in [0.25, 0.3) is 0 Å². The largest absolute Gasteiger partial charge is 0.508 e. The van der Waals surface area contributed by atoms with Gasteiger partial charge in [0.05, 0.1) is 5.88 Å². The molecule has 0 spiro atoms. The van der Waals surface area contributed by atoms with Crippen LogP contribution in [-0.2, 0) is 9.47 Å². The topological polar surface area (TPSA) is 35.5 Å². The van der Waals surface area contributed by atoms with Gasteiger partial charge in [-0.05, 0) is 25.7 Å². The molecule has 0 saturated heterocycles. The van der Waals surface area contributed by atoms with Gasteiger partial charge < -0.3 is 9.47 Å². The maximum absolute atomic E-state index is 11.0. The van der Waals surface area contributed by atoms with E-state index in [0.717, 1.165) is 25.7 Å². The van der Waals surface area contributed by atoms with E-state index < -0.39 is 6.16 Å². The minimum Gasteiger partial charge on any atom is -0.433 e. The highest BCUT2D eigenvalue weighted by Crippen LogP contribution is 2.20. The smallest absolute Gasteiger partial charge is 0.433 e. The molecule has 4 heteroatoms. The van der Waals surface area contributed by atoms with Gasteiger partial charge in [-0.2, -0.15) is 0 Å². The van der Waals surface area contributed by atoms with Crippen LogP contribution < -0.4 is 0 Å². The van der Waals surface area contributed by atoms with Gasteiger partial charge in [0.1, 0.15) is 12.7 Å². The van der Waals surface area contributed by atoms with Crippen molar-refractivity contribution in [1.29, 1.82) is 0 Å². The van der Waals surface area contributed by atoms with Crippen molar-refractivity contribution in [1.82, 2.24) is 0 Å². The third-order valence-electron chi connectivity index (χ3n) is 2.11. The molecular weight excluding hydrogens is 192 g/mol. The van der Waals surface area contributed by atoms with E-state index in [2.05, 4.69) is 0 Å². The Morgan fingerprint density at radius 1 is 1.31 bits per heavy atom. The molecule has 1 fully saturated rings. The lowest BCUT2D eigenvalue weighted by Crippen LogP contribution is -2.21. The Morgan fingerprint density at radius 2 is 2.00 bits per heavy atom. The van der Waals surface area contributed by atoms with Gasteiger partial charge in [0.2, 0.25) is 0 Å². The third kappa shape index (κ3) is 4.36. The molecular formula is C9H15ClO3. The van der Waals surface area contributed by atoms with Crippen molar-refractivity contribution in [2.75, 3.05) is 12.5 Å². The van der Waals surface area contributed by atoms with Gasteiger partial charge in [-0.3, -0.25) is 0 Å². The summed E-state index contributed by atoms with van der Waals surface area (Å²) in [4.78, 5) is 11.0. The molecule has 0 aromatic heterocycles. The molecule has 0 heterocycles. The summed E-state index contributed by atoms with van der Waals surface area (Å²) in [6.07, 6.45) is 4.97. The zero-order valence-corrected chi connectivity index (χ0v) is 8.39. The summed E-state index contributed by atoms with van der Waals surface area (Å²) < 4.78 is 9.77. The van der Waals surface area contributed by atoms with E-state index in [-0.39, 0.29) is 12.7 Å². The van der Waals surface area contributed by atoms with E-state index in [1.54, 1.807) is 0 Å². The van der Waals surface area contributed by atoms with Crippen LogP contribution in [0.5, 0.6) is 0 Å². The van der Waals surface area contributed by atoms with Crippen LogP contribution >= 0.6 is 11.6 Å².